The highest BCUT2D eigenvalue weighted by Crippen LogP contribution is 2.34. The minimum absolute atomic E-state index is 0.228. The number of aryl methyl sites for hydroxylation is 1. The number of benzene rings is 4. The molecule has 0 heterocycles. The van der Waals surface area contributed by atoms with Gasteiger partial charge in [-0.3, -0.25) is 9.98 Å². The van der Waals surface area contributed by atoms with Crippen molar-refractivity contribution in [1.29, 1.82) is 0 Å². The molecule has 1 aliphatic rings. The first kappa shape index (κ1) is 24.3. The average Bonchev–Trinajstić information content (AvgIpc) is 2.94. The van der Waals surface area contributed by atoms with Gasteiger partial charge >= 0.3 is 0 Å². The third kappa shape index (κ3) is 5.89. The molecule has 1 saturated carbocycles. The Labute approximate surface area is 216 Å². The van der Waals surface area contributed by atoms with Gasteiger partial charge in [-0.05, 0) is 54.7 Å². The van der Waals surface area contributed by atoms with Gasteiger partial charge in [0, 0.05) is 18.0 Å². The van der Waals surface area contributed by atoms with Gasteiger partial charge in [-0.25, -0.2) is 0 Å². The summed E-state index contributed by atoms with van der Waals surface area (Å²) in [6.07, 6.45) is 8.84. The zero-order valence-electron chi connectivity index (χ0n) is 20.9. The second kappa shape index (κ2) is 12.1. The number of nitrogens with zero attached hydrogens (tertiary/aromatic N) is 2. The van der Waals surface area contributed by atoms with Crippen molar-refractivity contribution in [3.63, 3.8) is 0 Å². The van der Waals surface area contributed by atoms with E-state index in [0.717, 1.165) is 12.8 Å². The third-order valence-corrected chi connectivity index (χ3v) is 9.42. The fourth-order valence-corrected chi connectivity index (χ4v) is 7.33. The molecule has 0 amide bonds. The highest BCUT2D eigenvalue weighted by Gasteiger charge is 2.24. The smallest absolute Gasteiger partial charge is 0.0723 e. The summed E-state index contributed by atoms with van der Waals surface area (Å²) in [5, 5.41) is 4.07. The van der Waals surface area contributed by atoms with Crippen molar-refractivity contribution in [1.82, 2.24) is 0 Å². The van der Waals surface area contributed by atoms with Gasteiger partial charge in [0.05, 0.1) is 12.1 Å². The Morgan fingerprint density at radius 1 is 0.583 bits per heavy atom. The van der Waals surface area contributed by atoms with Crippen LogP contribution in [0.2, 0.25) is 0 Å². The summed E-state index contributed by atoms with van der Waals surface area (Å²) in [7, 11) is -0.668. The van der Waals surface area contributed by atoms with Crippen LogP contribution in [0.3, 0.4) is 0 Å². The Balaban J connectivity index is 1.45. The highest BCUT2D eigenvalue weighted by atomic mass is 31.1. The van der Waals surface area contributed by atoms with E-state index in [9.17, 15) is 0 Å². The maximum atomic E-state index is 5.17. The van der Waals surface area contributed by atoms with Crippen molar-refractivity contribution in [2.24, 2.45) is 9.98 Å². The van der Waals surface area contributed by atoms with Crippen LogP contribution in [-0.2, 0) is 0 Å². The molecule has 0 radical (unpaired) electrons. The van der Waals surface area contributed by atoms with Gasteiger partial charge in [0.1, 0.15) is 0 Å². The number of hydrogen-bond donors (Lipinski definition) is 0. The second-order valence-corrected chi connectivity index (χ2v) is 11.6. The summed E-state index contributed by atoms with van der Waals surface area (Å²) < 4.78 is 0. The molecule has 2 atom stereocenters. The van der Waals surface area contributed by atoms with E-state index < -0.39 is 7.92 Å². The standard InChI is InChI=1S/C33H33N2P/c1-26-14-8-9-15-27(26)24-34-31-21-11-12-22-32(31)35-25-28-16-10-13-23-33(28)36(29-17-4-2-5-18-29)30-19-6-3-7-20-30/h2-10,13-20,23-25,31-32H,11-12,21-22H2,1H3/b34-24+,35-25+. The van der Waals surface area contributed by atoms with Crippen LogP contribution in [-0.4, -0.2) is 24.5 Å². The lowest BCUT2D eigenvalue weighted by atomic mass is 9.91. The topological polar surface area (TPSA) is 24.7 Å². The normalized spacial score (nSPS) is 18.3. The lowest BCUT2D eigenvalue weighted by molar-refractivity contribution is 0.390. The molecule has 1 fully saturated rings. The van der Waals surface area contributed by atoms with Gasteiger partial charge in [0.25, 0.3) is 0 Å². The van der Waals surface area contributed by atoms with Crippen molar-refractivity contribution in [3.8, 4) is 0 Å². The van der Waals surface area contributed by atoms with E-state index in [4.69, 9.17) is 9.98 Å². The van der Waals surface area contributed by atoms with Gasteiger partial charge in [0.15, 0.2) is 0 Å². The molecular weight excluding hydrogens is 455 g/mol. The zero-order valence-corrected chi connectivity index (χ0v) is 21.8. The molecule has 0 N–H and O–H groups in total. The molecule has 0 saturated heterocycles. The monoisotopic (exact) mass is 488 g/mol. The number of aliphatic imine (C=N–C) groups is 2. The lowest BCUT2D eigenvalue weighted by Crippen LogP contribution is -2.28. The molecule has 4 aromatic carbocycles. The fraction of sp³-hybridized carbons (Fsp3) is 0.212. The van der Waals surface area contributed by atoms with Crippen LogP contribution in [0.1, 0.15) is 42.4 Å². The minimum Gasteiger partial charge on any atom is -0.287 e. The number of hydrogen-bond acceptors (Lipinski definition) is 2. The maximum Gasteiger partial charge on any atom is 0.0723 e. The van der Waals surface area contributed by atoms with Crippen molar-refractivity contribution in [2.75, 3.05) is 0 Å². The van der Waals surface area contributed by atoms with E-state index in [0.29, 0.717) is 0 Å². The molecule has 0 spiro atoms. The largest absolute Gasteiger partial charge is 0.287 e. The molecule has 4 aromatic rings. The van der Waals surface area contributed by atoms with Crippen LogP contribution >= 0.6 is 7.92 Å². The van der Waals surface area contributed by atoms with Gasteiger partial charge < -0.3 is 0 Å². The summed E-state index contributed by atoms with van der Waals surface area (Å²) in [5.74, 6) is 0. The minimum atomic E-state index is -0.668. The van der Waals surface area contributed by atoms with Crippen LogP contribution in [0.5, 0.6) is 0 Å². The fourth-order valence-electron chi connectivity index (χ4n) is 4.90. The van der Waals surface area contributed by atoms with Crippen molar-refractivity contribution < 1.29 is 0 Å². The van der Waals surface area contributed by atoms with E-state index in [1.54, 1.807) is 0 Å². The highest BCUT2D eigenvalue weighted by molar-refractivity contribution is 7.80. The Kier molecular flexibility index (Phi) is 8.16. The maximum absolute atomic E-state index is 5.17. The Bertz CT molecular complexity index is 1270. The van der Waals surface area contributed by atoms with Gasteiger partial charge in [-0.15, -0.1) is 0 Å². The molecule has 0 aliphatic heterocycles. The van der Waals surface area contributed by atoms with Crippen molar-refractivity contribution in [2.45, 2.75) is 44.7 Å². The predicted molar refractivity (Wildman–Crippen MR) is 158 cm³/mol. The summed E-state index contributed by atoms with van der Waals surface area (Å²) in [4.78, 5) is 10.2. The SMILES string of the molecule is Cc1ccccc1/C=N/C1CCCCC1/N=C/c1ccccc1P(c1ccccc1)c1ccccc1. The molecule has 180 valence electrons. The Morgan fingerprint density at radius 2 is 1.06 bits per heavy atom. The van der Waals surface area contributed by atoms with E-state index >= 15 is 0 Å². The third-order valence-electron chi connectivity index (χ3n) is 6.90. The molecule has 0 aromatic heterocycles. The second-order valence-electron chi connectivity index (χ2n) is 9.40. The quantitative estimate of drug-likeness (QED) is 0.207. The summed E-state index contributed by atoms with van der Waals surface area (Å²) in [6.45, 7) is 2.15. The van der Waals surface area contributed by atoms with Crippen LogP contribution in [0.25, 0.3) is 0 Å². The van der Waals surface area contributed by atoms with Crippen LogP contribution in [0.15, 0.2) is 119 Å². The first-order valence-corrected chi connectivity index (χ1v) is 14.2. The van der Waals surface area contributed by atoms with E-state index in [1.165, 1.54) is 45.4 Å². The first-order valence-electron chi connectivity index (χ1n) is 12.9. The first-order chi connectivity index (χ1) is 17.8. The summed E-state index contributed by atoms with van der Waals surface area (Å²) >= 11 is 0. The summed E-state index contributed by atoms with van der Waals surface area (Å²) in [5.41, 5.74) is 3.68. The molecule has 1 aliphatic carbocycles. The van der Waals surface area contributed by atoms with E-state index in [2.05, 4.69) is 129 Å². The van der Waals surface area contributed by atoms with Crippen molar-refractivity contribution >= 4 is 36.3 Å². The Morgan fingerprint density at radius 3 is 1.64 bits per heavy atom. The van der Waals surface area contributed by atoms with Crippen molar-refractivity contribution in [3.05, 3.63) is 126 Å². The van der Waals surface area contributed by atoms with Gasteiger partial charge in [-0.1, -0.05) is 122 Å². The molecule has 36 heavy (non-hydrogen) atoms. The summed E-state index contributed by atoms with van der Waals surface area (Å²) in [6, 6.07) is 39.5. The van der Waals surface area contributed by atoms with E-state index in [1.807, 2.05) is 0 Å². The molecule has 2 nitrogen and oxygen atoms in total. The predicted octanol–water partition coefficient (Wildman–Crippen LogP) is 6.60. The molecule has 2 unspecified atom stereocenters. The number of rotatable bonds is 7. The molecule has 0 bridgehead atoms. The van der Waals surface area contributed by atoms with Crippen LogP contribution < -0.4 is 15.9 Å². The molecular formula is C33H33N2P. The molecule has 3 heteroatoms. The van der Waals surface area contributed by atoms with Crippen LogP contribution in [0.4, 0.5) is 0 Å². The van der Waals surface area contributed by atoms with Crippen LogP contribution in [0, 0.1) is 6.92 Å². The molecule has 5 rings (SSSR count). The van der Waals surface area contributed by atoms with Gasteiger partial charge in [-0.2, -0.15) is 0 Å². The lowest BCUT2D eigenvalue weighted by Gasteiger charge is -2.26. The Hall–Kier alpha value is -3.35. The zero-order chi connectivity index (χ0) is 24.6. The van der Waals surface area contributed by atoms with Gasteiger partial charge in [0.2, 0.25) is 0 Å². The average molecular weight is 489 g/mol. The van der Waals surface area contributed by atoms with E-state index in [-0.39, 0.29) is 12.1 Å².